The molecule has 0 aliphatic carbocycles. The maximum Gasteiger partial charge on any atom is 0.317 e. The number of benzene rings is 1. The highest BCUT2D eigenvalue weighted by Gasteiger charge is 2.21. The summed E-state index contributed by atoms with van der Waals surface area (Å²) in [6, 6.07) is 6.04. The van der Waals surface area contributed by atoms with E-state index in [-0.39, 0.29) is 6.03 Å². The van der Waals surface area contributed by atoms with Crippen LogP contribution >= 0.6 is 0 Å². The van der Waals surface area contributed by atoms with Gasteiger partial charge in [-0.3, -0.25) is 4.90 Å². The van der Waals surface area contributed by atoms with Gasteiger partial charge in [0.25, 0.3) is 0 Å². The second-order valence-corrected chi connectivity index (χ2v) is 6.49. The Morgan fingerprint density at radius 1 is 1.12 bits per heavy atom. The number of carbonyl (C=O) groups is 1. The number of carbonyl (C=O) groups excluding carboxylic acids is 1. The largest absolute Gasteiger partial charge is 0.493 e. The first kappa shape index (κ1) is 19.3. The summed E-state index contributed by atoms with van der Waals surface area (Å²) in [5, 5.41) is 2.97. The molecule has 7 nitrogen and oxygen atoms in total. The highest BCUT2D eigenvalue weighted by molar-refractivity contribution is 5.74. The lowest BCUT2D eigenvalue weighted by atomic mass is 10.1. The zero-order chi connectivity index (χ0) is 18.2. The van der Waals surface area contributed by atoms with Crippen LogP contribution in [-0.2, 0) is 6.54 Å². The molecule has 1 aliphatic rings. The van der Waals surface area contributed by atoms with Gasteiger partial charge in [-0.25, -0.2) is 4.79 Å². The molecule has 1 saturated heterocycles. The Morgan fingerprint density at radius 2 is 1.80 bits per heavy atom. The number of nitrogens with zero attached hydrogens (tertiary/aromatic N) is 3. The van der Waals surface area contributed by atoms with Crippen LogP contribution in [0.2, 0.25) is 0 Å². The van der Waals surface area contributed by atoms with Gasteiger partial charge in [-0.2, -0.15) is 0 Å². The van der Waals surface area contributed by atoms with Crippen LogP contribution in [0.15, 0.2) is 18.2 Å². The molecule has 25 heavy (non-hydrogen) atoms. The first-order valence-electron chi connectivity index (χ1n) is 8.64. The van der Waals surface area contributed by atoms with Crippen LogP contribution in [0.3, 0.4) is 0 Å². The fourth-order valence-electron chi connectivity index (χ4n) is 2.84. The van der Waals surface area contributed by atoms with E-state index < -0.39 is 0 Å². The first-order chi connectivity index (χ1) is 12.0. The molecule has 0 radical (unpaired) electrons. The molecule has 1 aliphatic heterocycles. The molecule has 0 spiro atoms. The number of rotatable bonds is 7. The lowest BCUT2D eigenvalue weighted by Gasteiger charge is -2.34. The molecule has 1 aromatic carbocycles. The Morgan fingerprint density at radius 3 is 2.40 bits per heavy atom. The van der Waals surface area contributed by atoms with E-state index in [9.17, 15) is 4.79 Å². The minimum atomic E-state index is 0.0348. The third-order valence-corrected chi connectivity index (χ3v) is 4.35. The Balaban J connectivity index is 1.79. The minimum absolute atomic E-state index is 0.0348. The van der Waals surface area contributed by atoms with Crippen molar-refractivity contribution in [2.24, 2.45) is 0 Å². The summed E-state index contributed by atoms with van der Waals surface area (Å²) in [6.07, 6.45) is 0. The van der Waals surface area contributed by atoms with Gasteiger partial charge in [-0.15, -0.1) is 0 Å². The third-order valence-electron chi connectivity index (χ3n) is 4.35. The molecular formula is C18H30N4O3. The van der Waals surface area contributed by atoms with Gasteiger partial charge in [0.1, 0.15) is 0 Å². The van der Waals surface area contributed by atoms with Crippen molar-refractivity contribution in [3.05, 3.63) is 23.8 Å². The molecule has 2 amide bonds. The van der Waals surface area contributed by atoms with E-state index >= 15 is 0 Å². The van der Waals surface area contributed by atoms with Crippen LogP contribution in [0, 0.1) is 0 Å². The van der Waals surface area contributed by atoms with Crippen molar-refractivity contribution < 1.29 is 14.3 Å². The monoisotopic (exact) mass is 350 g/mol. The van der Waals surface area contributed by atoms with Gasteiger partial charge >= 0.3 is 6.03 Å². The average molecular weight is 350 g/mol. The molecule has 0 aromatic heterocycles. The summed E-state index contributed by atoms with van der Waals surface area (Å²) >= 11 is 0. The highest BCUT2D eigenvalue weighted by Crippen LogP contribution is 2.28. The first-order valence-corrected chi connectivity index (χ1v) is 8.64. The quantitative estimate of drug-likeness (QED) is 0.798. The lowest BCUT2D eigenvalue weighted by molar-refractivity contribution is 0.135. The van der Waals surface area contributed by atoms with E-state index in [1.165, 1.54) is 5.56 Å². The predicted octanol–water partition coefficient (Wildman–Crippen LogP) is 1.09. The SMILES string of the molecule is COc1ccc(CN2CCN(C(=O)NCCN(C)C)CC2)cc1OC. The van der Waals surface area contributed by atoms with Crippen molar-refractivity contribution in [3.8, 4) is 11.5 Å². The van der Waals surface area contributed by atoms with Crippen LogP contribution in [0.4, 0.5) is 4.79 Å². The lowest BCUT2D eigenvalue weighted by Crippen LogP contribution is -2.52. The zero-order valence-electron chi connectivity index (χ0n) is 15.7. The normalized spacial score (nSPS) is 15.3. The number of urea groups is 1. The van der Waals surface area contributed by atoms with Crippen molar-refractivity contribution in [1.82, 2.24) is 20.0 Å². The molecule has 0 bridgehead atoms. The minimum Gasteiger partial charge on any atom is -0.493 e. The van der Waals surface area contributed by atoms with Gasteiger partial charge in [0.2, 0.25) is 0 Å². The number of piperazine rings is 1. The number of amides is 2. The Bertz CT molecular complexity index is 557. The third kappa shape index (κ3) is 5.79. The van der Waals surface area contributed by atoms with Crippen molar-refractivity contribution in [2.75, 3.05) is 67.6 Å². The molecule has 2 rings (SSSR count). The van der Waals surface area contributed by atoms with Gasteiger partial charge in [0.05, 0.1) is 14.2 Å². The molecule has 1 fully saturated rings. The summed E-state index contributed by atoms with van der Waals surface area (Å²) in [5.74, 6) is 1.49. The summed E-state index contributed by atoms with van der Waals surface area (Å²) in [5.41, 5.74) is 1.18. The molecule has 0 atom stereocenters. The van der Waals surface area contributed by atoms with E-state index in [1.807, 2.05) is 31.1 Å². The smallest absolute Gasteiger partial charge is 0.317 e. The maximum absolute atomic E-state index is 12.1. The fourth-order valence-corrected chi connectivity index (χ4v) is 2.84. The van der Waals surface area contributed by atoms with Crippen LogP contribution < -0.4 is 14.8 Å². The fraction of sp³-hybridized carbons (Fsp3) is 0.611. The van der Waals surface area contributed by atoms with Crippen molar-refractivity contribution in [2.45, 2.75) is 6.54 Å². The number of methoxy groups -OCH3 is 2. The second-order valence-electron chi connectivity index (χ2n) is 6.49. The number of hydrogen-bond donors (Lipinski definition) is 1. The molecule has 0 saturated carbocycles. The number of hydrogen-bond acceptors (Lipinski definition) is 5. The van der Waals surface area contributed by atoms with Crippen LogP contribution in [0.5, 0.6) is 11.5 Å². The summed E-state index contributed by atoms with van der Waals surface area (Å²) < 4.78 is 10.6. The Labute approximate surface area is 150 Å². The molecular weight excluding hydrogens is 320 g/mol. The van der Waals surface area contributed by atoms with E-state index in [1.54, 1.807) is 14.2 Å². The Hall–Kier alpha value is -1.99. The summed E-state index contributed by atoms with van der Waals surface area (Å²) in [4.78, 5) is 18.4. The predicted molar refractivity (Wildman–Crippen MR) is 98.3 cm³/mol. The Kier molecular flexibility index (Phi) is 7.33. The molecule has 0 unspecified atom stereocenters. The van der Waals surface area contributed by atoms with Crippen molar-refractivity contribution in [1.29, 1.82) is 0 Å². The number of ether oxygens (including phenoxy) is 2. The van der Waals surface area contributed by atoms with E-state index in [0.717, 1.165) is 50.8 Å². The van der Waals surface area contributed by atoms with Crippen molar-refractivity contribution >= 4 is 6.03 Å². The van der Waals surface area contributed by atoms with Gasteiger partial charge < -0.3 is 24.6 Å². The van der Waals surface area contributed by atoms with Gasteiger partial charge in [-0.1, -0.05) is 6.07 Å². The topological polar surface area (TPSA) is 57.3 Å². The maximum atomic E-state index is 12.1. The second kappa shape index (κ2) is 9.48. The molecule has 1 heterocycles. The molecule has 140 valence electrons. The number of nitrogens with one attached hydrogen (secondary N) is 1. The molecule has 1 N–H and O–H groups in total. The van der Waals surface area contributed by atoms with Gasteiger partial charge in [-0.05, 0) is 31.8 Å². The number of likely N-dealkylation sites (N-methyl/N-ethyl adjacent to an activating group) is 1. The van der Waals surface area contributed by atoms with Crippen LogP contribution in [-0.4, -0.2) is 88.3 Å². The van der Waals surface area contributed by atoms with E-state index in [0.29, 0.717) is 6.54 Å². The molecule has 1 aromatic rings. The summed E-state index contributed by atoms with van der Waals surface area (Å²) in [6.45, 7) is 5.62. The van der Waals surface area contributed by atoms with E-state index in [2.05, 4.69) is 21.2 Å². The average Bonchev–Trinajstić information content (AvgIpc) is 2.61. The molecule has 7 heteroatoms. The standard InChI is InChI=1S/C18H30N4O3/c1-20(2)8-7-19-18(23)22-11-9-21(10-12-22)14-15-5-6-16(24-3)17(13-15)25-4/h5-6,13H,7-12,14H2,1-4H3,(H,19,23). The van der Waals surface area contributed by atoms with Gasteiger partial charge in [0.15, 0.2) is 11.5 Å². The highest BCUT2D eigenvalue weighted by atomic mass is 16.5. The van der Waals surface area contributed by atoms with Crippen LogP contribution in [0.1, 0.15) is 5.56 Å². The van der Waals surface area contributed by atoms with Crippen molar-refractivity contribution in [3.63, 3.8) is 0 Å². The van der Waals surface area contributed by atoms with Crippen LogP contribution in [0.25, 0.3) is 0 Å². The zero-order valence-corrected chi connectivity index (χ0v) is 15.7. The summed E-state index contributed by atoms with van der Waals surface area (Å²) in [7, 11) is 7.29. The van der Waals surface area contributed by atoms with E-state index in [4.69, 9.17) is 9.47 Å². The van der Waals surface area contributed by atoms with Gasteiger partial charge in [0, 0.05) is 45.8 Å².